The highest BCUT2D eigenvalue weighted by Crippen LogP contribution is 2.37. The fourth-order valence-electron chi connectivity index (χ4n) is 4.94. The number of halogens is 5. The predicted octanol–water partition coefficient (Wildman–Crippen LogP) is 5.63. The minimum Gasteiger partial charge on any atom is -0.497 e. The molecular formula is C27H27ClF4N4O4. The van der Waals surface area contributed by atoms with Gasteiger partial charge in [-0.3, -0.25) is 4.57 Å². The molecule has 1 fully saturated rings. The number of hydrogen-bond acceptors (Lipinski definition) is 6. The number of likely N-dealkylation sites (tertiary alicyclic amines) is 1. The van der Waals surface area contributed by atoms with Crippen molar-refractivity contribution in [1.29, 1.82) is 0 Å². The van der Waals surface area contributed by atoms with E-state index in [1.165, 1.54) is 18.1 Å². The zero-order chi connectivity index (χ0) is 28.4. The summed E-state index contributed by atoms with van der Waals surface area (Å²) in [6.45, 7) is -0.546. The number of amides is 1. The number of aromatic nitrogens is 3. The van der Waals surface area contributed by atoms with Crippen LogP contribution >= 0.6 is 11.6 Å². The predicted molar refractivity (Wildman–Crippen MR) is 136 cm³/mol. The summed E-state index contributed by atoms with van der Waals surface area (Å²) in [6.07, 6.45) is -5.06. The van der Waals surface area contributed by atoms with Crippen molar-refractivity contribution in [3.05, 3.63) is 70.1 Å². The monoisotopic (exact) mass is 582 g/mol. The van der Waals surface area contributed by atoms with Crippen LogP contribution in [0.3, 0.4) is 0 Å². The first-order chi connectivity index (χ1) is 19.1. The van der Waals surface area contributed by atoms with Crippen LogP contribution in [0.5, 0.6) is 5.75 Å². The van der Waals surface area contributed by atoms with Crippen molar-refractivity contribution in [2.75, 3.05) is 26.8 Å². The Hall–Kier alpha value is -3.38. The number of imidazole rings is 1. The molecule has 2 aliphatic heterocycles. The highest BCUT2D eigenvalue weighted by Gasteiger charge is 2.44. The molecular weight excluding hydrogens is 556 g/mol. The van der Waals surface area contributed by atoms with E-state index in [-0.39, 0.29) is 25.6 Å². The summed E-state index contributed by atoms with van der Waals surface area (Å²) >= 11 is 6.69. The van der Waals surface area contributed by atoms with Gasteiger partial charge in [-0.25, -0.2) is 19.2 Å². The molecule has 2 aromatic heterocycles. The minimum absolute atomic E-state index is 0.0795. The molecule has 1 saturated heterocycles. The number of fused-ring (bicyclic) bond motifs is 3. The fraction of sp³-hybridized carbons (Fsp3) is 0.444. The standard InChI is InChI=1S/C27H27ClF4N4O4/c1-38-20-5-2-16(3-6-20)14-39-15-21(27(30,31)32)40-26(37)35-10-8-17(9-11-35)23-24(28)36-22(34-23)7-4-18-12-19(29)13-33-25(18)36/h2-3,5-6,12-13,17,21H,4,7-11,14-15H2,1H3. The van der Waals surface area contributed by atoms with Gasteiger partial charge in [0.2, 0.25) is 6.10 Å². The lowest BCUT2D eigenvalue weighted by molar-refractivity contribution is -0.220. The van der Waals surface area contributed by atoms with E-state index in [1.54, 1.807) is 28.8 Å². The van der Waals surface area contributed by atoms with Gasteiger partial charge in [0.15, 0.2) is 0 Å². The molecule has 8 nitrogen and oxygen atoms in total. The van der Waals surface area contributed by atoms with Gasteiger partial charge in [0, 0.05) is 25.4 Å². The number of hydrogen-bond donors (Lipinski definition) is 0. The number of alkyl halides is 3. The van der Waals surface area contributed by atoms with E-state index < -0.39 is 30.8 Å². The third-order valence-corrected chi connectivity index (χ3v) is 7.46. The van der Waals surface area contributed by atoms with Crippen molar-refractivity contribution < 1.29 is 36.6 Å². The Morgan fingerprint density at radius 1 is 1.18 bits per heavy atom. The summed E-state index contributed by atoms with van der Waals surface area (Å²) in [6, 6.07) is 8.13. The molecule has 40 heavy (non-hydrogen) atoms. The van der Waals surface area contributed by atoms with Gasteiger partial charge in [-0.15, -0.1) is 0 Å². The molecule has 214 valence electrons. The molecule has 0 radical (unpaired) electrons. The van der Waals surface area contributed by atoms with Crippen LogP contribution in [-0.4, -0.2) is 64.6 Å². The lowest BCUT2D eigenvalue weighted by Crippen LogP contribution is -2.44. The maximum atomic E-state index is 13.6. The van der Waals surface area contributed by atoms with E-state index in [9.17, 15) is 22.4 Å². The van der Waals surface area contributed by atoms with E-state index in [2.05, 4.69) is 4.98 Å². The topological polar surface area (TPSA) is 78.7 Å². The van der Waals surface area contributed by atoms with Crippen LogP contribution in [0.4, 0.5) is 22.4 Å². The van der Waals surface area contributed by atoms with Crippen molar-refractivity contribution in [2.24, 2.45) is 0 Å². The van der Waals surface area contributed by atoms with Crippen LogP contribution in [0, 0.1) is 5.82 Å². The Balaban J connectivity index is 1.17. The average molecular weight is 583 g/mol. The molecule has 13 heteroatoms. The summed E-state index contributed by atoms with van der Waals surface area (Å²) in [5.41, 5.74) is 2.04. The Kier molecular flexibility index (Phi) is 8.18. The molecule has 0 spiro atoms. The first-order valence-corrected chi connectivity index (χ1v) is 13.2. The van der Waals surface area contributed by atoms with Crippen molar-refractivity contribution in [3.63, 3.8) is 0 Å². The van der Waals surface area contributed by atoms with Crippen LogP contribution in [0.2, 0.25) is 5.15 Å². The Morgan fingerprint density at radius 2 is 1.90 bits per heavy atom. The van der Waals surface area contributed by atoms with Crippen molar-refractivity contribution in [3.8, 4) is 11.6 Å². The molecule has 0 saturated carbocycles. The van der Waals surface area contributed by atoms with Crippen LogP contribution in [-0.2, 0) is 28.9 Å². The number of piperidine rings is 1. The van der Waals surface area contributed by atoms with Crippen LogP contribution in [0.15, 0.2) is 36.5 Å². The third kappa shape index (κ3) is 6.02. The smallest absolute Gasteiger partial charge is 0.427 e. The molecule has 1 amide bonds. The first kappa shape index (κ1) is 28.2. The molecule has 1 unspecified atom stereocenters. The first-order valence-electron chi connectivity index (χ1n) is 12.8. The van der Waals surface area contributed by atoms with E-state index >= 15 is 0 Å². The number of benzene rings is 1. The number of ether oxygens (including phenoxy) is 3. The van der Waals surface area contributed by atoms with Crippen molar-refractivity contribution in [1.82, 2.24) is 19.4 Å². The number of methoxy groups -OCH3 is 1. The molecule has 4 heterocycles. The SMILES string of the molecule is COc1ccc(COCC(OC(=O)N2CCC(c3nc4n(c3Cl)-c3ncc(F)cc3CC4)CC2)C(F)(F)F)cc1. The number of carbonyl (C=O) groups is 1. The van der Waals surface area contributed by atoms with Gasteiger partial charge in [0.05, 0.1) is 32.2 Å². The maximum Gasteiger partial charge on any atom is 0.427 e. The molecule has 0 N–H and O–H groups in total. The number of nitrogens with zero attached hydrogens (tertiary/aromatic N) is 4. The molecule has 5 rings (SSSR count). The second-order valence-electron chi connectivity index (χ2n) is 9.71. The summed E-state index contributed by atoms with van der Waals surface area (Å²) in [5.74, 6) is 1.35. The molecule has 0 bridgehead atoms. The number of carbonyl (C=O) groups excluding carboxylic acids is 1. The van der Waals surface area contributed by atoms with E-state index in [0.29, 0.717) is 53.7 Å². The van der Waals surface area contributed by atoms with Crippen LogP contribution in [0.25, 0.3) is 5.82 Å². The summed E-state index contributed by atoms with van der Waals surface area (Å²) in [5, 5.41) is 0.377. The largest absolute Gasteiger partial charge is 0.497 e. The zero-order valence-electron chi connectivity index (χ0n) is 21.6. The number of pyridine rings is 1. The average Bonchev–Trinajstić information content (AvgIpc) is 3.28. The number of rotatable bonds is 7. The quantitative estimate of drug-likeness (QED) is 0.336. The lowest BCUT2D eigenvalue weighted by atomic mass is 9.94. The van der Waals surface area contributed by atoms with Gasteiger partial charge in [-0.1, -0.05) is 23.7 Å². The highest BCUT2D eigenvalue weighted by atomic mass is 35.5. The van der Waals surface area contributed by atoms with Gasteiger partial charge < -0.3 is 19.1 Å². The Bertz CT molecular complexity index is 1360. The highest BCUT2D eigenvalue weighted by molar-refractivity contribution is 6.30. The normalized spacial score (nSPS) is 16.3. The molecule has 2 aliphatic rings. The van der Waals surface area contributed by atoms with Gasteiger partial charge in [0.25, 0.3) is 0 Å². The molecule has 3 aromatic rings. The zero-order valence-corrected chi connectivity index (χ0v) is 22.3. The van der Waals surface area contributed by atoms with Crippen LogP contribution < -0.4 is 4.74 Å². The molecule has 1 aromatic carbocycles. The summed E-state index contributed by atoms with van der Waals surface area (Å²) < 4.78 is 71.3. The van der Waals surface area contributed by atoms with Crippen molar-refractivity contribution in [2.45, 2.75) is 50.5 Å². The second-order valence-corrected chi connectivity index (χ2v) is 10.1. The van der Waals surface area contributed by atoms with Gasteiger partial charge in [-0.2, -0.15) is 13.2 Å². The molecule has 1 atom stereocenters. The maximum absolute atomic E-state index is 13.6. The summed E-state index contributed by atoms with van der Waals surface area (Å²) in [7, 11) is 1.51. The number of aryl methyl sites for hydroxylation is 2. The third-order valence-electron chi connectivity index (χ3n) is 7.10. The second kappa shape index (κ2) is 11.6. The summed E-state index contributed by atoms with van der Waals surface area (Å²) in [4.78, 5) is 22.8. The van der Waals surface area contributed by atoms with Gasteiger partial charge in [0.1, 0.15) is 28.4 Å². The van der Waals surface area contributed by atoms with Gasteiger partial charge in [-0.05, 0) is 48.6 Å². The van der Waals surface area contributed by atoms with Gasteiger partial charge >= 0.3 is 12.3 Å². The van der Waals surface area contributed by atoms with Crippen molar-refractivity contribution >= 4 is 17.7 Å². The van der Waals surface area contributed by atoms with E-state index in [0.717, 1.165) is 17.6 Å². The van der Waals surface area contributed by atoms with Crippen LogP contribution in [0.1, 0.15) is 41.4 Å². The van der Waals surface area contributed by atoms with E-state index in [1.807, 2.05) is 0 Å². The fourth-order valence-corrected chi connectivity index (χ4v) is 5.32. The Morgan fingerprint density at radius 3 is 2.58 bits per heavy atom. The van der Waals surface area contributed by atoms with E-state index in [4.69, 9.17) is 30.8 Å². The lowest BCUT2D eigenvalue weighted by Gasteiger charge is -2.32. The molecule has 0 aliphatic carbocycles. The minimum atomic E-state index is -4.79. The Labute approximate surface area is 232 Å².